The van der Waals surface area contributed by atoms with Crippen LogP contribution in [0.15, 0.2) is 52.4 Å². The van der Waals surface area contributed by atoms with E-state index in [1.807, 2.05) is 52.7 Å². The molecule has 27 heavy (non-hydrogen) atoms. The van der Waals surface area contributed by atoms with Gasteiger partial charge in [-0.3, -0.25) is 9.69 Å². The molecule has 4 rings (SSSR count). The standard InChI is InChI=1S/C20H22N4O2S/c25-19(14-17-8-4-13-27-17)24-10-5-9-23(11-12-24)15-18-21-20(26-22-18)16-6-2-1-3-7-16/h1-4,6-8,13H,5,9-12,14-15H2. The third-order valence-electron chi connectivity index (χ3n) is 4.70. The molecule has 0 spiro atoms. The summed E-state index contributed by atoms with van der Waals surface area (Å²) < 4.78 is 5.39. The van der Waals surface area contributed by atoms with Crippen LogP contribution in [-0.2, 0) is 17.8 Å². The Balaban J connectivity index is 1.32. The summed E-state index contributed by atoms with van der Waals surface area (Å²) in [5.74, 6) is 1.45. The van der Waals surface area contributed by atoms with Crippen LogP contribution in [0.1, 0.15) is 17.1 Å². The lowest BCUT2D eigenvalue weighted by Crippen LogP contribution is -2.36. The summed E-state index contributed by atoms with van der Waals surface area (Å²) in [6, 6.07) is 13.8. The third-order valence-corrected chi connectivity index (χ3v) is 5.58. The van der Waals surface area contributed by atoms with Crippen LogP contribution < -0.4 is 0 Å². The smallest absolute Gasteiger partial charge is 0.257 e. The number of rotatable bonds is 5. The lowest BCUT2D eigenvalue weighted by molar-refractivity contribution is -0.130. The number of benzene rings is 1. The van der Waals surface area contributed by atoms with Crippen molar-refractivity contribution in [2.24, 2.45) is 0 Å². The number of hydrogen-bond donors (Lipinski definition) is 0. The zero-order chi connectivity index (χ0) is 18.5. The summed E-state index contributed by atoms with van der Waals surface area (Å²) in [7, 11) is 0. The minimum absolute atomic E-state index is 0.213. The van der Waals surface area contributed by atoms with Crippen LogP contribution >= 0.6 is 11.3 Å². The fourth-order valence-corrected chi connectivity index (χ4v) is 3.96. The molecule has 3 aromatic rings. The molecule has 0 N–H and O–H groups in total. The number of carbonyl (C=O) groups excluding carboxylic acids is 1. The van der Waals surface area contributed by atoms with Crippen molar-refractivity contribution in [3.05, 3.63) is 58.5 Å². The Morgan fingerprint density at radius 3 is 2.78 bits per heavy atom. The molecule has 7 heteroatoms. The molecule has 0 aliphatic carbocycles. The highest BCUT2D eigenvalue weighted by Crippen LogP contribution is 2.17. The first-order chi connectivity index (χ1) is 13.3. The van der Waals surface area contributed by atoms with Gasteiger partial charge in [0.15, 0.2) is 5.82 Å². The first-order valence-electron chi connectivity index (χ1n) is 9.18. The molecule has 0 atom stereocenters. The summed E-state index contributed by atoms with van der Waals surface area (Å²) in [6.07, 6.45) is 1.46. The van der Waals surface area contributed by atoms with Crippen molar-refractivity contribution in [3.8, 4) is 11.5 Å². The van der Waals surface area contributed by atoms with E-state index < -0.39 is 0 Å². The normalized spacial score (nSPS) is 15.6. The van der Waals surface area contributed by atoms with Crippen LogP contribution in [0, 0.1) is 0 Å². The Morgan fingerprint density at radius 1 is 1.07 bits per heavy atom. The molecule has 1 aliphatic heterocycles. The third kappa shape index (κ3) is 4.61. The van der Waals surface area contributed by atoms with Gasteiger partial charge in [0, 0.05) is 36.6 Å². The highest BCUT2D eigenvalue weighted by molar-refractivity contribution is 7.10. The Bertz CT molecular complexity index is 863. The molecule has 2 aromatic heterocycles. The van der Waals surface area contributed by atoms with E-state index in [0.29, 0.717) is 24.7 Å². The molecule has 1 amide bonds. The molecule has 1 fully saturated rings. The van der Waals surface area contributed by atoms with Gasteiger partial charge >= 0.3 is 0 Å². The predicted octanol–water partition coefficient (Wildman–Crippen LogP) is 3.08. The zero-order valence-corrected chi connectivity index (χ0v) is 15.9. The number of thiophene rings is 1. The lowest BCUT2D eigenvalue weighted by Gasteiger charge is -2.21. The average molecular weight is 382 g/mol. The molecule has 6 nitrogen and oxygen atoms in total. The Hall–Kier alpha value is -2.51. The highest BCUT2D eigenvalue weighted by Gasteiger charge is 2.21. The number of carbonyl (C=O) groups is 1. The van der Waals surface area contributed by atoms with Gasteiger partial charge in [0.25, 0.3) is 5.89 Å². The van der Waals surface area contributed by atoms with Gasteiger partial charge in [-0.15, -0.1) is 11.3 Å². The maximum absolute atomic E-state index is 12.5. The fraction of sp³-hybridized carbons (Fsp3) is 0.350. The van der Waals surface area contributed by atoms with Crippen LogP contribution in [0.25, 0.3) is 11.5 Å². The number of hydrogen-bond acceptors (Lipinski definition) is 6. The molecule has 0 saturated carbocycles. The van der Waals surface area contributed by atoms with Crippen molar-refractivity contribution in [1.82, 2.24) is 19.9 Å². The van der Waals surface area contributed by atoms with E-state index in [-0.39, 0.29) is 5.91 Å². The molecular weight excluding hydrogens is 360 g/mol. The second-order valence-corrected chi connectivity index (χ2v) is 7.68. The number of aromatic nitrogens is 2. The first kappa shape index (κ1) is 17.9. The fourth-order valence-electron chi connectivity index (χ4n) is 3.27. The van der Waals surface area contributed by atoms with Gasteiger partial charge < -0.3 is 9.42 Å². The average Bonchev–Trinajstić information content (AvgIpc) is 3.31. The molecule has 0 radical (unpaired) electrons. The van der Waals surface area contributed by atoms with E-state index in [2.05, 4.69) is 15.0 Å². The zero-order valence-electron chi connectivity index (χ0n) is 15.1. The van der Waals surface area contributed by atoms with Gasteiger partial charge in [-0.05, 0) is 30.0 Å². The maximum atomic E-state index is 12.5. The van der Waals surface area contributed by atoms with Crippen molar-refractivity contribution in [3.63, 3.8) is 0 Å². The molecule has 3 heterocycles. The molecule has 1 aliphatic rings. The van der Waals surface area contributed by atoms with E-state index in [0.717, 1.165) is 43.0 Å². The molecule has 0 bridgehead atoms. The van der Waals surface area contributed by atoms with Gasteiger partial charge in [0.2, 0.25) is 5.91 Å². The van der Waals surface area contributed by atoms with Gasteiger partial charge in [-0.1, -0.05) is 29.4 Å². The minimum Gasteiger partial charge on any atom is -0.341 e. The van der Waals surface area contributed by atoms with E-state index in [4.69, 9.17) is 4.52 Å². The van der Waals surface area contributed by atoms with Crippen LogP contribution in [0.3, 0.4) is 0 Å². The molecular formula is C20H22N4O2S. The summed E-state index contributed by atoms with van der Waals surface area (Å²) in [4.78, 5) is 22.4. The van der Waals surface area contributed by atoms with Crippen molar-refractivity contribution in [2.75, 3.05) is 26.2 Å². The van der Waals surface area contributed by atoms with Gasteiger partial charge in [-0.2, -0.15) is 4.98 Å². The van der Waals surface area contributed by atoms with Crippen LogP contribution in [0.2, 0.25) is 0 Å². The van der Waals surface area contributed by atoms with E-state index in [1.54, 1.807) is 11.3 Å². The second-order valence-electron chi connectivity index (χ2n) is 6.65. The predicted molar refractivity (Wildman–Crippen MR) is 104 cm³/mol. The highest BCUT2D eigenvalue weighted by atomic mass is 32.1. The van der Waals surface area contributed by atoms with Crippen molar-refractivity contribution < 1.29 is 9.32 Å². The maximum Gasteiger partial charge on any atom is 0.257 e. The largest absolute Gasteiger partial charge is 0.341 e. The number of nitrogens with zero attached hydrogens (tertiary/aromatic N) is 4. The van der Waals surface area contributed by atoms with E-state index in [1.165, 1.54) is 0 Å². The van der Waals surface area contributed by atoms with E-state index >= 15 is 0 Å². The second kappa shape index (κ2) is 8.45. The van der Waals surface area contributed by atoms with Gasteiger partial charge in [-0.25, -0.2) is 0 Å². The Labute approximate surface area is 162 Å². The summed E-state index contributed by atoms with van der Waals surface area (Å²) >= 11 is 1.64. The first-order valence-corrected chi connectivity index (χ1v) is 10.1. The molecule has 140 valence electrons. The number of amides is 1. The Kier molecular flexibility index (Phi) is 5.60. The van der Waals surface area contributed by atoms with Crippen LogP contribution in [0.4, 0.5) is 0 Å². The quantitative estimate of drug-likeness (QED) is 0.679. The van der Waals surface area contributed by atoms with Crippen LogP contribution in [-0.4, -0.2) is 52.0 Å². The lowest BCUT2D eigenvalue weighted by atomic mass is 10.2. The van der Waals surface area contributed by atoms with Gasteiger partial charge in [0.1, 0.15) is 0 Å². The SMILES string of the molecule is O=C(Cc1cccs1)N1CCCN(Cc2noc(-c3ccccc3)n2)CC1. The summed E-state index contributed by atoms with van der Waals surface area (Å²) in [5, 5.41) is 6.13. The van der Waals surface area contributed by atoms with Gasteiger partial charge in [0.05, 0.1) is 13.0 Å². The minimum atomic E-state index is 0.213. The summed E-state index contributed by atoms with van der Waals surface area (Å²) in [6.45, 7) is 3.95. The van der Waals surface area contributed by atoms with Crippen LogP contribution in [0.5, 0.6) is 0 Å². The summed E-state index contributed by atoms with van der Waals surface area (Å²) in [5.41, 5.74) is 0.928. The monoisotopic (exact) mass is 382 g/mol. The van der Waals surface area contributed by atoms with E-state index in [9.17, 15) is 4.79 Å². The Morgan fingerprint density at radius 2 is 1.96 bits per heavy atom. The molecule has 1 aromatic carbocycles. The van der Waals surface area contributed by atoms with Crippen molar-refractivity contribution in [1.29, 1.82) is 0 Å². The van der Waals surface area contributed by atoms with Crippen molar-refractivity contribution in [2.45, 2.75) is 19.4 Å². The molecule has 1 saturated heterocycles. The molecule has 0 unspecified atom stereocenters. The van der Waals surface area contributed by atoms with Crippen molar-refractivity contribution >= 4 is 17.2 Å². The topological polar surface area (TPSA) is 62.5 Å².